The minimum Gasteiger partial charge on any atom is -0.495 e. The normalized spacial score (nSPS) is 11.4. The molecule has 0 aliphatic heterocycles. The molecule has 0 saturated carbocycles. The van der Waals surface area contributed by atoms with E-state index in [9.17, 15) is 12.8 Å². The van der Waals surface area contributed by atoms with Gasteiger partial charge < -0.3 is 9.47 Å². The molecule has 0 bridgehead atoms. The van der Waals surface area contributed by atoms with Crippen molar-refractivity contribution in [3.05, 3.63) is 95.1 Å². The highest BCUT2D eigenvalue weighted by Crippen LogP contribution is 2.32. The molecule has 0 radical (unpaired) electrons. The fraction of sp³-hybridized carbons (Fsp3) is 0.130. The number of methoxy groups -OCH3 is 2. The van der Waals surface area contributed by atoms with E-state index in [-0.39, 0.29) is 12.3 Å². The molecule has 0 saturated heterocycles. The van der Waals surface area contributed by atoms with Crippen LogP contribution in [0.25, 0.3) is 6.08 Å². The van der Waals surface area contributed by atoms with Crippen molar-refractivity contribution in [1.29, 1.82) is 0 Å². The fourth-order valence-electron chi connectivity index (χ4n) is 2.92. The first kappa shape index (κ1) is 21.4. The Morgan fingerprint density at radius 1 is 0.900 bits per heavy atom. The van der Waals surface area contributed by atoms with E-state index in [1.807, 2.05) is 18.2 Å². The van der Waals surface area contributed by atoms with E-state index >= 15 is 0 Å². The monoisotopic (exact) mass is 427 g/mol. The van der Waals surface area contributed by atoms with Crippen molar-refractivity contribution in [3.63, 3.8) is 0 Å². The first-order valence-corrected chi connectivity index (χ1v) is 10.7. The molecule has 0 aliphatic rings. The smallest absolute Gasteiger partial charge is 0.257 e. The summed E-state index contributed by atoms with van der Waals surface area (Å²) in [7, 11) is -1.07. The van der Waals surface area contributed by atoms with Gasteiger partial charge in [-0.05, 0) is 41.5 Å². The molecule has 0 aliphatic carbocycles. The van der Waals surface area contributed by atoms with Crippen LogP contribution in [0.1, 0.15) is 11.1 Å². The second-order valence-electron chi connectivity index (χ2n) is 6.41. The number of halogens is 1. The summed E-state index contributed by atoms with van der Waals surface area (Å²) in [6.45, 7) is -0.0806. The quantitative estimate of drug-likeness (QED) is 0.516. The first-order valence-electron chi connectivity index (χ1n) is 9.16. The van der Waals surface area contributed by atoms with Gasteiger partial charge in [-0.1, -0.05) is 48.5 Å². The van der Waals surface area contributed by atoms with Gasteiger partial charge in [0.25, 0.3) is 10.0 Å². The lowest BCUT2D eigenvalue weighted by Crippen LogP contribution is -2.29. The molecule has 3 aromatic rings. The second-order valence-corrected chi connectivity index (χ2v) is 8.15. The molecule has 0 amide bonds. The van der Waals surface area contributed by atoms with Crippen LogP contribution in [0.3, 0.4) is 0 Å². The summed E-state index contributed by atoms with van der Waals surface area (Å²) >= 11 is 0. The molecule has 156 valence electrons. The summed E-state index contributed by atoms with van der Waals surface area (Å²) in [5.41, 5.74) is 1.57. The van der Waals surface area contributed by atoms with Crippen molar-refractivity contribution in [2.45, 2.75) is 6.54 Å². The molecule has 0 spiro atoms. The lowest BCUT2D eigenvalue weighted by Gasteiger charge is -2.25. The van der Waals surface area contributed by atoms with Crippen LogP contribution in [-0.2, 0) is 16.6 Å². The highest BCUT2D eigenvalue weighted by molar-refractivity contribution is 7.95. The number of hydrogen-bond donors (Lipinski definition) is 0. The molecule has 0 aromatic heterocycles. The predicted octanol–water partition coefficient (Wildman–Crippen LogP) is 4.85. The van der Waals surface area contributed by atoms with E-state index < -0.39 is 15.8 Å². The summed E-state index contributed by atoms with van der Waals surface area (Å²) in [6, 6.07) is 20.3. The van der Waals surface area contributed by atoms with Gasteiger partial charge in [0.2, 0.25) is 0 Å². The molecule has 30 heavy (non-hydrogen) atoms. The molecule has 0 heterocycles. The summed E-state index contributed by atoms with van der Waals surface area (Å²) < 4.78 is 52.2. The van der Waals surface area contributed by atoms with E-state index in [0.717, 1.165) is 11.0 Å². The predicted molar refractivity (Wildman–Crippen MR) is 117 cm³/mol. The van der Waals surface area contributed by atoms with Crippen molar-refractivity contribution >= 4 is 21.8 Å². The standard InChI is InChI=1S/C23H22FNO4S/c1-28-22-13-12-19(16-20(22)24)17-25(21-10-6-7-11-23(21)29-2)30(26,27)15-14-18-8-4-3-5-9-18/h3-16H,17H2,1-2H3/b15-14+. The molecule has 3 aromatic carbocycles. The average Bonchev–Trinajstić information content (AvgIpc) is 2.77. The van der Waals surface area contributed by atoms with E-state index in [4.69, 9.17) is 9.47 Å². The summed E-state index contributed by atoms with van der Waals surface area (Å²) in [5, 5.41) is 1.13. The van der Waals surface area contributed by atoms with Crippen molar-refractivity contribution < 1.29 is 22.3 Å². The third-order valence-corrected chi connectivity index (χ3v) is 5.86. The van der Waals surface area contributed by atoms with Crippen molar-refractivity contribution in [2.75, 3.05) is 18.5 Å². The minimum absolute atomic E-state index is 0.0806. The van der Waals surface area contributed by atoms with E-state index in [1.54, 1.807) is 42.5 Å². The van der Waals surface area contributed by atoms with Crippen LogP contribution in [0.5, 0.6) is 11.5 Å². The van der Waals surface area contributed by atoms with Gasteiger partial charge in [-0.2, -0.15) is 0 Å². The van der Waals surface area contributed by atoms with Gasteiger partial charge in [-0.15, -0.1) is 0 Å². The molecule has 0 N–H and O–H groups in total. The van der Waals surface area contributed by atoms with Gasteiger partial charge in [0.1, 0.15) is 5.75 Å². The Bertz CT molecular complexity index is 1130. The zero-order valence-electron chi connectivity index (χ0n) is 16.7. The fourth-order valence-corrected chi connectivity index (χ4v) is 4.15. The third-order valence-electron chi connectivity index (χ3n) is 4.44. The number of rotatable bonds is 8. The zero-order valence-corrected chi connectivity index (χ0v) is 17.5. The van der Waals surface area contributed by atoms with Crippen molar-refractivity contribution in [2.24, 2.45) is 0 Å². The number of anilines is 1. The van der Waals surface area contributed by atoms with Gasteiger partial charge in [0.05, 0.1) is 31.9 Å². The summed E-state index contributed by atoms with van der Waals surface area (Å²) in [6.07, 6.45) is 1.52. The van der Waals surface area contributed by atoms with E-state index in [1.165, 1.54) is 36.7 Å². The number of ether oxygens (including phenoxy) is 2. The third kappa shape index (κ3) is 4.99. The Kier molecular flexibility index (Phi) is 6.74. The maximum Gasteiger partial charge on any atom is 0.257 e. The highest BCUT2D eigenvalue weighted by atomic mass is 32.2. The highest BCUT2D eigenvalue weighted by Gasteiger charge is 2.24. The molecular formula is C23H22FNO4S. The largest absolute Gasteiger partial charge is 0.495 e. The Balaban J connectivity index is 2.03. The average molecular weight is 427 g/mol. The topological polar surface area (TPSA) is 55.8 Å². The number of para-hydroxylation sites is 2. The van der Waals surface area contributed by atoms with Gasteiger partial charge in [-0.25, -0.2) is 12.8 Å². The second kappa shape index (κ2) is 9.45. The Morgan fingerprint density at radius 3 is 2.23 bits per heavy atom. The maximum absolute atomic E-state index is 14.2. The minimum atomic E-state index is -3.91. The van der Waals surface area contributed by atoms with Crippen molar-refractivity contribution in [1.82, 2.24) is 0 Å². The van der Waals surface area contributed by atoms with E-state index in [2.05, 4.69) is 0 Å². The molecular weight excluding hydrogens is 405 g/mol. The molecule has 7 heteroatoms. The summed E-state index contributed by atoms with van der Waals surface area (Å²) in [5.74, 6) is -0.0789. The number of nitrogens with zero attached hydrogens (tertiary/aromatic N) is 1. The van der Waals surface area contributed by atoms with Gasteiger partial charge in [-0.3, -0.25) is 4.31 Å². The van der Waals surface area contributed by atoms with Crippen LogP contribution in [-0.4, -0.2) is 22.6 Å². The Hall–Kier alpha value is -3.32. The van der Waals surface area contributed by atoms with E-state index in [0.29, 0.717) is 17.0 Å². The van der Waals surface area contributed by atoms with Crippen LogP contribution < -0.4 is 13.8 Å². The lowest BCUT2D eigenvalue weighted by molar-refractivity contribution is 0.386. The van der Waals surface area contributed by atoms with Gasteiger partial charge in [0, 0.05) is 0 Å². The molecule has 0 fully saturated rings. The van der Waals surface area contributed by atoms with Crippen LogP contribution >= 0.6 is 0 Å². The van der Waals surface area contributed by atoms with Crippen molar-refractivity contribution in [3.8, 4) is 11.5 Å². The number of benzene rings is 3. The molecule has 5 nitrogen and oxygen atoms in total. The first-order chi connectivity index (χ1) is 14.4. The molecule has 0 atom stereocenters. The number of sulfonamides is 1. The van der Waals surface area contributed by atoms with Gasteiger partial charge >= 0.3 is 0 Å². The van der Waals surface area contributed by atoms with Crippen LogP contribution in [0.15, 0.2) is 78.2 Å². The number of hydrogen-bond acceptors (Lipinski definition) is 4. The van der Waals surface area contributed by atoms with Crippen LogP contribution in [0, 0.1) is 5.82 Å². The van der Waals surface area contributed by atoms with Crippen LogP contribution in [0.4, 0.5) is 10.1 Å². The Morgan fingerprint density at radius 2 is 1.57 bits per heavy atom. The Labute approximate surface area is 176 Å². The maximum atomic E-state index is 14.2. The summed E-state index contributed by atoms with van der Waals surface area (Å²) in [4.78, 5) is 0. The molecule has 0 unspecified atom stereocenters. The zero-order chi connectivity index (χ0) is 21.6. The SMILES string of the molecule is COc1ccc(CN(c2ccccc2OC)S(=O)(=O)/C=C/c2ccccc2)cc1F. The lowest BCUT2D eigenvalue weighted by atomic mass is 10.2. The van der Waals surface area contributed by atoms with Gasteiger partial charge in [0.15, 0.2) is 11.6 Å². The molecule has 3 rings (SSSR count). The van der Waals surface area contributed by atoms with Crippen LogP contribution in [0.2, 0.25) is 0 Å².